The van der Waals surface area contributed by atoms with Crippen molar-refractivity contribution in [2.75, 3.05) is 27.3 Å². The van der Waals surface area contributed by atoms with Crippen molar-refractivity contribution in [3.8, 4) is 11.5 Å². The van der Waals surface area contributed by atoms with Crippen molar-refractivity contribution < 1.29 is 14.3 Å². The van der Waals surface area contributed by atoms with Crippen LogP contribution in [0.1, 0.15) is 30.1 Å². The van der Waals surface area contributed by atoms with Gasteiger partial charge in [0.05, 0.1) is 14.2 Å². The van der Waals surface area contributed by atoms with E-state index in [9.17, 15) is 4.79 Å². The van der Waals surface area contributed by atoms with E-state index in [2.05, 4.69) is 6.92 Å². The number of piperidine rings is 1. The largest absolute Gasteiger partial charge is 0.496 e. The summed E-state index contributed by atoms with van der Waals surface area (Å²) in [4.78, 5) is 14.9. The molecule has 0 aromatic heterocycles. The molecule has 5 heteroatoms. The van der Waals surface area contributed by atoms with Gasteiger partial charge in [0.25, 0.3) is 5.91 Å². The van der Waals surface area contributed by atoms with Crippen LogP contribution in [0.4, 0.5) is 0 Å². The van der Waals surface area contributed by atoms with Gasteiger partial charge in [0, 0.05) is 19.1 Å². The van der Waals surface area contributed by atoms with Crippen LogP contribution >= 0.6 is 0 Å². The fraction of sp³-hybridized carbons (Fsp3) is 0.562. The first kappa shape index (κ1) is 15.6. The lowest BCUT2D eigenvalue weighted by atomic mass is 9.90. The van der Waals surface area contributed by atoms with Gasteiger partial charge in [-0.2, -0.15) is 0 Å². The number of hydrogen-bond donors (Lipinski definition) is 1. The Balaban J connectivity index is 2.39. The van der Waals surface area contributed by atoms with Crippen molar-refractivity contribution in [1.29, 1.82) is 0 Å². The highest BCUT2D eigenvalue weighted by molar-refractivity contribution is 6.00. The van der Waals surface area contributed by atoms with Crippen LogP contribution in [0.15, 0.2) is 18.2 Å². The zero-order valence-electron chi connectivity index (χ0n) is 13.0. The molecule has 0 spiro atoms. The average molecular weight is 292 g/mol. The summed E-state index contributed by atoms with van der Waals surface area (Å²) in [6, 6.07) is 5.44. The number of methoxy groups -OCH3 is 2. The van der Waals surface area contributed by atoms with E-state index in [0.29, 0.717) is 29.5 Å². The lowest BCUT2D eigenvalue weighted by molar-refractivity contribution is 0.0526. The molecule has 1 fully saturated rings. The molecule has 0 aliphatic carbocycles. The lowest BCUT2D eigenvalue weighted by Crippen LogP contribution is -2.51. The first-order valence-corrected chi connectivity index (χ1v) is 7.36. The molecule has 2 unspecified atom stereocenters. The van der Waals surface area contributed by atoms with E-state index in [4.69, 9.17) is 15.2 Å². The Kier molecular flexibility index (Phi) is 5.07. The van der Waals surface area contributed by atoms with Crippen LogP contribution in [0.5, 0.6) is 11.5 Å². The highest BCUT2D eigenvalue weighted by Crippen LogP contribution is 2.32. The summed E-state index contributed by atoms with van der Waals surface area (Å²) in [5, 5.41) is 0. The van der Waals surface area contributed by atoms with Crippen LogP contribution in [0.3, 0.4) is 0 Å². The van der Waals surface area contributed by atoms with E-state index in [-0.39, 0.29) is 11.9 Å². The quantitative estimate of drug-likeness (QED) is 0.920. The molecule has 116 valence electrons. The number of hydrogen-bond acceptors (Lipinski definition) is 4. The predicted molar refractivity (Wildman–Crippen MR) is 81.8 cm³/mol. The third-order valence-electron chi connectivity index (χ3n) is 4.26. The van der Waals surface area contributed by atoms with Crippen molar-refractivity contribution in [3.63, 3.8) is 0 Å². The average Bonchev–Trinajstić information content (AvgIpc) is 2.52. The van der Waals surface area contributed by atoms with E-state index in [1.807, 2.05) is 11.0 Å². The van der Waals surface area contributed by atoms with Gasteiger partial charge >= 0.3 is 0 Å². The Labute approximate surface area is 126 Å². The molecule has 1 aliphatic rings. The van der Waals surface area contributed by atoms with Crippen LogP contribution < -0.4 is 15.2 Å². The molecule has 5 nitrogen and oxygen atoms in total. The topological polar surface area (TPSA) is 64.8 Å². The maximum atomic E-state index is 13.0. The molecule has 0 bridgehead atoms. The standard InChI is InChI=1S/C16H24N2O3/c1-11-6-5-9-18(12(11)10-17)16(19)15-13(20-2)7-4-8-14(15)21-3/h4,7-8,11-12H,5-6,9-10,17H2,1-3H3. The number of benzene rings is 1. The lowest BCUT2D eigenvalue weighted by Gasteiger charge is -2.39. The molecule has 2 rings (SSSR count). The molecular weight excluding hydrogens is 268 g/mol. The third kappa shape index (κ3) is 2.97. The van der Waals surface area contributed by atoms with Gasteiger partial charge in [0.2, 0.25) is 0 Å². The Hall–Kier alpha value is -1.75. The maximum absolute atomic E-state index is 13.0. The zero-order valence-corrected chi connectivity index (χ0v) is 13.0. The summed E-state index contributed by atoms with van der Waals surface area (Å²) in [6.07, 6.45) is 2.11. The van der Waals surface area contributed by atoms with Gasteiger partial charge in [0.1, 0.15) is 17.1 Å². The molecule has 1 aromatic carbocycles. The Bertz CT molecular complexity index is 482. The fourth-order valence-electron chi connectivity index (χ4n) is 3.07. The molecule has 2 N–H and O–H groups in total. The Morgan fingerprint density at radius 3 is 2.48 bits per heavy atom. The minimum Gasteiger partial charge on any atom is -0.496 e. The van der Waals surface area contributed by atoms with E-state index in [1.165, 1.54) is 0 Å². The zero-order chi connectivity index (χ0) is 15.4. The SMILES string of the molecule is COc1cccc(OC)c1C(=O)N1CCCC(C)C1CN. The number of amides is 1. The molecule has 1 amide bonds. The minimum absolute atomic E-state index is 0.0636. The van der Waals surface area contributed by atoms with Gasteiger partial charge in [-0.1, -0.05) is 13.0 Å². The first-order valence-electron chi connectivity index (χ1n) is 7.36. The summed E-state index contributed by atoms with van der Waals surface area (Å²) >= 11 is 0. The van der Waals surface area contributed by atoms with Crippen LogP contribution in [0.25, 0.3) is 0 Å². The molecule has 1 saturated heterocycles. The van der Waals surface area contributed by atoms with Crippen LogP contribution in [0.2, 0.25) is 0 Å². The summed E-state index contributed by atoms with van der Waals surface area (Å²) < 4.78 is 10.7. The third-order valence-corrected chi connectivity index (χ3v) is 4.26. The van der Waals surface area contributed by atoms with Crippen LogP contribution in [-0.2, 0) is 0 Å². The Morgan fingerprint density at radius 2 is 1.95 bits per heavy atom. The number of ether oxygens (including phenoxy) is 2. The van der Waals surface area contributed by atoms with Gasteiger partial charge in [-0.05, 0) is 30.9 Å². The van der Waals surface area contributed by atoms with Gasteiger partial charge in [-0.25, -0.2) is 0 Å². The first-order chi connectivity index (χ1) is 10.1. The normalized spacial score (nSPS) is 22.0. The highest BCUT2D eigenvalue weighted by Gasteiger charge is 2.33. The van der Waals surface area contributed by atoms with Crippen molar-refractivity contribution >= 4 is 5.91 Å². The van der Waals surface area contributed by atoms with E-state index < -0.39 is 0 Å². The summed E-state index contributed by atoms with van der Waals surface area (Å²) in [6.45, 7) is 3.35. The summed E-state index contributed by atoms with van der Waals surface area (Å²) in [5.41, 5.74) is 6.37. The highest BCUT2D eigenvalue weighted by atomic mass is 16.5. The fourth-order valence-corrected chi connectivity index (χ4v) is 3.07. The van der Waals surface area contributed by atoms with E-state index in [0.717, 1.165) is 19.4 Å². The molecule has 1 heterocycles. The molecule has 0 radical (unpaired) electrons. The smallest absolute Gasteiger partial charge is 0.261 e. The molecule has 1 aliphatic heterocycles. The molecule has 2 atom stereocenters. The van der Waals surface area contributed by atoms with E-state index >= 15 is 0 Å². The van der Waals surface area contributed by atoms with Crippen LogP contribution in [-0.4, -0.2) is 44.2 Å². The number of likely N-dealkylation sites (tertiary alicyclic amines) is 1. The number of nitrogens with zero attached hydrogens (tertiary/aromatic N) is 1. The van der Waals surface area contributed by atoms with Crippen molar-refractivity contribution in [2.45, 2.75) is 25.8 Å². The van der Waals surface area contributed by atoms with Crippen molar-refractivity contribution in [3.05, 3.63) is 23.8 Å². The van der Waals surface area contributed by atoms with Crippen LogP contribution in [0, 0.1) is 5.92 Å². The van der Waals surface area contributed by atoms with Gasteiger partial charge < -0.3 is 20.1 Å². The monoisotopic (exact) mass is 292 g/mol. The number of carbonyl (C=O) groups excluding carboxylic acids is 1. The molecule has 0 saturated carbocycles. The maximum Gasteiger partial charge on any atom is 0.261 e. The second kappa shape index (κ2) is 6.80. The number of rotatable bonds is 4. The van der Waals surface area contributed by atoms with Gasteiger partial charge in [-0.15, -0.1) is 0 Å². The number of carbonyl (C=O) groups is 1. The van der Waals surface area contributed by atoms with Crippen molar-refractivity contribution in [1.82, 2.24) is 4.90 Å². The summed E-state index contributed by atoms with van der Waals surface area (Å²) in [7, 11) is 3.12. The molecular formula is C16H24N2O3. The summed E-state index contributed by atoms with van der Waals surface area (Å²) in [5.74, 6) is 1.42. The second-order valence-corrected chi connectivity index (χ2v) is 5.46. The van der Waals surface area contributed by atoms with Gasteiger partial charge in [0.15, 0.2) is 0 Å². The second-order valence-electron chi connectivity index (χ2n) is 5.46. The molecule has 1 aromatic rings. The number of nitrogens with two attached hydrogens (primary N) is 1. The predicted octanol–water partition coefficient (Wildman–Crippen LogP) is 1.90. The Morgan fingerprint density at radius 1 is 1.33 bits per heavy atom. The van der Waals surface area contributed by atoms with Crippen molar-refractivity contribution in [2.24, 2.45) is 11.7 Å². The molecule has 21 heavy (non-hydrogen) atoms. The minimum atomic E-state index is -0.0636. The van der Waals surface area contributed by atoms with Gasteiger partial charge in [-0.3, -0.25) is 4.79 Å². The van der Waals surface area contributed by atoms with E-state index in [1.54, 1.807) is 26.4 Å².